The molecule has 0 aromatic heterocycles. The number of phenolic OH excluding ortho intramolecular Hbond substituents is 1. The third kappa shape index (κ3) is 5.73. The fourth-order valence-electron chi connectivity index (χ4n) is 4.47. The van der Waals surface area contributed by atoms with Gasteiger partial charge in [-0.15, -0.1) is 11.8 Å². The number of benzene rings is 1. The molecule has 5 rings (SSSR count). The van der Waals surface area contributed by atoms with Crippen molar-refractivity contribution in [2.24, 2.45) is 5.16 Å². The lowest BCUT2D eigenvalue weighted by molar-refractivity contribution is -0.467. The Morgan fingerprint density at radius 2 is 1.98 bits per heavy atom. The number of β-lactam (4-membered cyclic amide) rings is 1. The highest BCUT2D eigenvalue weighted by molar-refractivity contribution is 8.16. The predicted molar refractivity (Wildman–Crippen MR) is 154 cm³/mol. The van der Waals surface area contributed by atoms with Crippen molar-refractivity contribution in [2.45, 2.75) is 37.4 Å². The monoisotopic (exact) mass is 629 g/mol. The number of oxime groups is 1. The lowest BCUT2D eigenvalue weighted by atomic mass is 10.0. The van der Waals surface area contributed by atoms with Crippen molar-refractivity contribution in [2.75, 3.05) is 5.75 Å². The van der Waals surface area contributed by atoms with Crippen molar-refractivity contribution in [3.63, 3.8) is 0 Å². The van der Waals surface area contributed by atoms with Gasteiger partial charge < -0.3 is 30.0 Å². The molecule has 4 heterocycles. The van der Waals surface area contributed by atoms with Crippen molar-refractivity contribution < 1.29 is 44.7 Å². The molecular weight excluding hydrogens is 604 g/mol. The van der Waals surface area contributed by atoms with Crippen LogP contribution in [0.3, 0.4) is 0 Å². The smallest absolute Gasteiger partial charge is 0.352 e. The van der Waals surface area contributed by atoms with Gasteiger partial charge in [0.05, 0.1) is 0 Å². The molecular formula is C26H25N6O9S2+. The summed E-state index contributed by atoms with van der Waals surface area (Å²) in [5, 5.41) is 45.4. The van der Waals surface area contributed by atoms with Crippen molar-refractivity contribution in [3.05, 3.63) is 63.2 Å². The number of aromatic hydroxyl groups is 1. The van der Waals surface area contributed by atoms with Crippen LogP contribution in [0.4, 0.5) is 0 Å². The zero-order chi connectivity index (χ0) is 31.2. The Morgan fingerprint density at radius 1 is 1.23 bits per heavy atom. The summed E-state index contributed by atoms with van der Waals surface area (Å²) in [5.41, 5.74) is -1.04. The Labute approximate surface area is 251 Å². The normalized spacial score (nSPS) is 20.5. The summed E-state index contributed by atoms with van der Waals surface area (Å²) in [7, 11) is 0. The van der Waals surface area contributed by atoms with Crippen molar-refractivity contribution >= 4 is 58.2 Å². The highest BCUT2D eigenvalue weighted by atomic mass is 32.2. The van der Waals surface area contributed by atoms with E-state index in [1.165, 1.54) is 48.5 Å². The second kappa shape index (κ2) is 11.2. The number of fused-ring (bicyclic) bond motifs is 2. The zero-order valence-corrected chi connectivity index (χ0v) is 24.2. The van der Waals surface area contributed by atoms with Crippen LogP contribution in [0.1, 0.15) is 13.8 Å². The fourth-order valence-corrected chi connectivity index (χ4v) is 6.44. The molecule has 4 aliphatic heterocycles. The average molecular weight is 630 g/mol. The molecule has 0 aromatic rings. The van der Waals surface area contributed by atoms with E-state index in [2.05, 4.69) is 10.5 Å². The van der Waals surface area contributed by atoms with Crippen LogP contribution in [-0.2, 0) is 30.6 Å². The highest BCUT2D eigenvalue weighted by Gasteiger charge is 2.54. The summed E-state index contributed by atoms with van der Waals surface area (Å²) >= 11 is 2.26. The SMILES string of the molecule is CC(C)(O/N=C(/C(=O)N[C@@H]1C(=O)N2C(C(=O)O)=C(Cn3ccc4cc(=O)c(O)cc-4c3)CS[C@H]12)C1=CSC(=N)[NH2+]1)C(=O)O. The number of carboxylic acid groups (broad SMARTS) is 2. The van der Waals surface area contributed by atoms with Gasteiger partial charge in [-0.1, -0.05) is 5.16 Å². The van der Waals surface area contributed by atoms with E-state index >= 15 is 0 Å². The van der Waals surface area contributed by atoms with E-state index in [-0.39, 0.29) is 34.6 Å². The summed E-state index contributed by atoms with van der Waals surface area (Å²) in [6.45, 7) is 2.59. The summed E-state index contributed by atoms with van der Waals surface area (Å²) in [5.74, 6) is -4.35. The summed E-state index contributed by atoms with van der Waals surface area (Å²) < 4.78 is 1.68. The van der Waals surface area contributed by atoms with Crippen LogP contribution in [-0.4, -0.2) is 82.2 Å². The number of nitrogens with zero attached hydrogens (tertiary/aromatic N) is 3. The van der Waals surface area contributed by atoms with E-state index in [1.807, 2.05) is 0 Å². The molecule has 1 fully saturated rings. The molecule has 0 radical (unpaired) electrons. The van der Waals surface area contributed by atoms with Crippen molar-refractivity contribution in [1.29, 1.82) is 5.41 Å². The number of carbonyl (C=O) groups is 4. The lowest BCUT2D eigenvalue weighted by Crippen LogP contribution is -2.84. The predicted octanol–water partition coefficient (Wildman–Crippen LogP) is -0.281. The van der Waals surface area contributed by atoms with E-state index in [0.29, 0.717) is 16.7 Å². The van der Waals surface area contributed by atoms with Crippen molar-refractivity contribution in [3.8, 4) is 16.9 Å². The van der Waals surface area contributed by atoms with E-state index in [0.717, 1.165) is 16.7 Å². The number of quaternary nitrogens is 1. The second-order valence-electron chi connectivity index (χ2n) is 10.2. The molecule has 1 aliphatic carbocycles. The molecule has 0 spiro atoms. The van der Waals surface area contributed by atoms with Gasteiger partial charge >= 0.3 is 11.9 Å². The average Bonchev–Trinajstić information content (AvgIpc) is 3.37. The maximum absolute atomic E-state index is 13.3. The third-order valence-corrected chi connectivity index (χ3v) is 8.88. The number of aromatic nitrogens is 1. The standard InChI is InChI=1S/C26H24N6O9S2/c1-26(2,24(39)40)41-30-17(14-10-43-25(27)28-14)20(35)29-18-21(36)32-19(23(37)38)13(9-42-22(18)32)8-31-4-3-11-5-15(33)16(34)6-12(11)7-31/h3-7,10,18,22,34H,8-9H2,1-2H3,(H2,27,28)(H,29,35)(H,37,38)(H,39,40)/p+1/b30-17+/t18-,22-/m1/s1. The Balaban J connectivity index is 1.36. The van der Waals surface area contributed by atoms with Crippen LogP contribution >= 0.6 is 23.5 Å². The lowest BCUT2D eigenvalue weighted by Gasteiger charge is -2.49. The topological polar surface area (TPSA) is 228 Å². The van der Waals surface area contributed by atoms with E-state index < -0.39 is 51.9 Å². The Hall–Kier alpha value is -4.61. The summed E-state index contributed by atoms with van der Waals surface area (Å²) in [4.78, 5) is 68.2. The molecule has 1 saturated heterocycles. The number of carboxylic acids is 2. The van der Waals surface area contributed by atoms with Gasteiger partial charge in [-0.05, 0) is 54.9 Å². The number of thioether (sulfide) groups is 2. The second-order valence-corrected chi connectivity index (χ2v) is 12.2. The third-order valence-electron chi connectivity index (χ3n) is 6.79. The zero-order valence-electron chi connectivity index (χ0n) is 22.6. The molecule has 0 bridgehead atoms. The Bertz CT molecular complexity index is 1710. The Morgan fingerprint density at radius 3 is 2.63 bits per heavy atom. The molecule has 17 heteroatoms. The number of hydrogen-bond donors (Lipinski definition) is 6. The first-order valence-electron chi connectivity index (χ1n) is 12.6. The van der Waals surface area contributed by atoms with Crippen LogP contribution in [0.2, 0.25) is 0 Å². The van der Waals surface area contributed by atoms with Gasteiger partial charge in [0.1, 0.15) is 17.1 Å². The van der Waals surface area contributed by atoms with Gasteiger partial charge in [0.15, 0.2) is 11.4 Å². The van der Waals surface area contributed by atoms with E-state index in [1.54, 1.807) is 23.0 Å². The van der Waals surface area contributed by atoms with Gasteiger partial charge in [0.25, 0.3) is 17.0 Å². The van der Waals surface area contributed by atoms with Gasteiger partial charge in [-0.2, -0.15) is 0 Å². The molecule has 5 aliphatic rings. The van der Waals surface area contributed by atoms with E-state index in [4.69, 9.17) is 10.2 Å². The number of pyridine rings is 1. The number of carbonyl (C=O) groups excluding carboxylic acids is 2. The fraction of sp³-hybridized carbons (Fsp3) is 0.269. The largest absolute Gasteiger partial charge is 0.504 e. The molecule has 0 unspecified atom stereocenters. The molecule has 2 amide bonds. The minimum Gasteiger partial charge on any atom is -0.504 e. The van der Waals surface area contributed by atoms with Crippen LogP contribution in [0.5, 0.6) is 5.75 Å². The minimum absolute atomic E-state index is 0.110. The van der Waals surface area contributed by atoms with Gasteiger partial charge in [0, 0.05) is 35.7 Å². The number of nitrogens with two attached hydrogens (primary N) is 1. The van der Waals surface area contributed by atoms with Crippen LogP contribution in [0, 0.1) is 5.41 Å². The molecule has 2 atom stereocenters. The van der Waals surface area contributed by atoms with Gasteiger partial charge in [-0.25, -0.2) is 15.0 Å². The number of aliphatic carboxylic acids is 2. The minimum atomic E-state index is -1.77. The highest BCUT2D eigenvalue weighted by Crippen LogP contribution is 2.41. The van der Waals surface area contributed by atoms with Crippen molar-refractivity contribution in [1.82, 2.24) is 14.8 Å². The summed E-state index contributed by atoms with van der Waals surface area (Å²) in [6, 6.07) is 3.18. The number of rotatable bonds is 9. The molecule has 0 saturated carbocycles. The number of amides is 2. The maximum Gasteiger partial charge on any atom is 0.352 e. The first kappa shape index (κ1) is 29.9. The number of amidine groups is 1. The van der Waals surface area contributed by atoms with Gasteiger partial charge in [0.2, 0.25) is 16.7 Å². The quantitative estimate of drug-likeness (QED) is 0.120. The van der Waals surface area contributed by atoms with Gasteiger partial charge in [-0.3, -0.25) is 24.6 Å². The molecule has 15 nitrogen and oxygen atoms in total. The molecule has 224 valence electrons. The number of nitrogens with one attached hydrogen (secondary N) is 2. The molecule has 7 N–H and O–H groups in total. The van der Waals surface area contributed by atoms with Crippen LogP contribution < -0.4 is 16.1 Å². The van der Waals surface area contributed by atoms with Crippen LogP contribution in [0.15, 0.2) is 62.9 Å². The summed E-state index contributed by atoms with van der Waals surface area (Å²) in [6.07, 6.45) is 3.31. The maximum atomic E-state index is 13.3. The van der Waals surface area contributed by atoms with E-state index in [9.17, 15) is 39.3 Å². The Kier molecular flexibility index (Phi) is 7.80. The first-order valence-corrected chi connectivity index (χ1v) is 14.5. The molecule has 0 aromatic carbocycles. The number of hydrogen-bond acceptors (Lipinski definition) is 11. The first-order chi connectivity index (χ1) is 20.3. The number of phenols is 1. The molecule has 43 heavy (non-hydrogen) atoms. The van der Waals surface area contributed by atoms with Crippen LogP contribution in [0.25, 0.3) is 11.1 Å².